The Morgan fingerprint density at radius 2 is 1.78 bits per heavy atom. The van der Waals surface area contributed by atoms with Crippen LogP contribution < -0.4 is 5.73 Å². The van der Waals surface area contributed by atoms with Crippen LogP contribution in [-0.4, -0.2) is 19.9 Å². The molecule has 0 fully saturated rings. The topological polar surface area (TPSA) is 60.2 Å². The second-order valence-electron chi connectivity index (χ2n) is 4.72. The Hall–Kier alpha value is -0.870. The van der Waals surface area contributed by atoms with Crippen LogP contribution in [0.5, 0.6) is 0 Å². The molecule has 3 nitrogen and oxygen atoms in total. The minimum Gasteiger partial charge on any atom is -0.321 e. The standard InChI is InChI=1S/C14H23NO2S/c1-3-14(15,13-9-6-5-7-10-13)11-8-12-18(16,17)4-2/h5-7,9-10H,3-4,8,11-12,15H2,1-2H3. The number of benzene rings is 1. The first-order valence-electron chi connectivity index (χ1n) is 6.48. The molecule has 0 spiro atoms. The Balaban J connectivity index is 2.68. The van der Waals surface area contributed by atoms with Gasteiger partial charge in [-0.05, 0) is 24.8 Å². The van der Waals surface area contributed by atoms with E-state index >= 15 is 0 Å². The Kier molecular flexibility index (Phi) is 5.35. The molecule has 0 saturated heterocycles. The van der Waals surface area contributed by atoms with Crippen molar-refractivity contribution in [3.63, 3.8) is 0 Å². The van der Waals surface area contributed by atoms with Crippen molar-refractivity contribution in [1.29, 1.82) is 0 Å². The summed E-state index contributed by atoms with van der Waals surface area (Å²) in [6.07, 6.45) is 2.13. The number of sulfone groups is 1. The van der Waals surface area contributed by atoms with Crippen molar-refractivity contribution in [2.45, 2.75) is 38.6 Å². The monoisotopic (exact) mass is 269 g/mol. The summed E-state index contributed by atoms with van der Waals surface area (Å²) in [5, 5.41) is 0. The van der Waals surface area contributed by atoms with Gasteiger partial charge in [-0.25, -0.2) is 8.42 Å². The fraction of sp³-hybridized carbons (Fsp3) is 0.571. The summed E-state index contributed by atoms with van der Waals surface area (Å²) in [4.78, 5) is 0. The van der Waals surface area contributed by atoms with E-state index < -0.39 is 15.4 Å². The van der Waals surface area contributed by atoms with Crippen molar-refractivity contribution in [3.05, 3.63) is 35.9 Å². The predicted octanol–water partition coefficient (Wildman–Crippen LogP) is 2.47. The van der Waals surface area contributed by atoms with Gasteiger partial charge in [0.15, 0.2) is 0 Å². The fourth-order valence-corrected chi connectivity index (χ4v) is 2.92. The molecule has 1 unspecified atom stereocenters. The van der Waals surface area contributed by atoms with E-state index in [9.17, 15) is 8.42 Å². The SMILES string of the molecule is CCC(N)(CCCS(=O)(=O)CC)c1ccccc1. The van der Waals surface area contributed by atoms with E-state index in [0.717, 1.165) is 12.0 Å². The quantitative estimate of drug-likeness (QED) is 0.827. The molecule has 0 amide bonds. The maximum atomic E-state index is 11.5. The maximum Gasteiger partial charge on any atom is 0.150 e. The van der Waals surface area contributed by atoms with Gasteiger partial charge in [-0.2, -0.15) is 0 Å². The first-order chi connectivity index (χ1) is 8.43. The molecule has 1 aromatic rings. The summed E-state index contributed by atoms with van der Waals surface area (Å²) in [5.74, 6) is 0.442. The van der Waals surface area contributed by atoms with Crippen LogP contribution >= 0.6 is 0 Å². The van der Waals surface area contributed by atoms with Gasteiger partial charge in [0.05, 0.1) is 5.75 Å². The van der Waals surface area contributed by atoms with Crippen LogP contribution in [0, 0.1) is 0 Å². The molecule has 1 aromatic carbocycles. The average molecular weight is 269 g/mol. The smallest absolute Gasteiger partial charge is 0.150 e. The molecule has 0 aliphatic carbocycles. The number of rotatable bonds is 7. The average Bonchev–Trinajstić information content (AvgIpc) is 2.39. The Bertz CT molecular complexity index is 456. The normalized spacial score (nSPS) is 15.3. The lowest BCUT2D eigenvalue weighted by molar-refractivity contribution is 0.390. The Labute approximate surface area is 110 Å². The highest BCUT2D eigenvalue weighted by molar-refractivity contribution is 7.91. The third-order valence-corrected chi connectivity index (χ3v) is 5.29. The molecule has 4 heteroatoms. The van der Waals surface area contributed by atoms with E-state index in [-0.39, 0.29) is 11.5 Å². The molecular weight excluding hydrogens is 246 g/mol. The first-order valence-corrected chi connectivity index (χ1v) is 8.30. The van der Waals surface area contributed by atoms with E-state index in [4.69, 9.17) is 5.73 Å². The zero-order valence-corrected chi connectivity index (χ0v) is 12.0. The van der Waals surface area contributed by atoms with E-state index in [0.29, 0.717) is 12.8 Å². The van der Waals surface area contributed by atoms with Gasteiger partial charge >= 0.3 is 0 Å². The largest absolute Gasteiger partial charge is 0.321 e. The van der Waals surface area contributed by atoms with Gasteiger partial charge in [0.25, 0.3) is 0 Å². The van der Waals surface area contributed by atoms with E-state index in [1.54, 1.807) is 6.92 Å². The van der Waals surface area contributed by atoms with E-state index in [1.807, 2.05) is 37.3 Å². The lowest BCUT2D eigenvalue weighted by atomic mass is 9.84. The molecule has 102 valence electrons. The van der Waals surface area contributed by atoms with Gasteiger partial charge in [0.2, 0.25) is 0 Å². The van der Waals surface area contributed by atoms with Crippen molar-refractivity contribution in [3.8, 4) is 0 Å². The van der Waals surface area contributed by atoms with Gasteiger partial charge in [-0.15, -0.1) is 0 Å². The molecule has 0 aliphatic rings. The first kappa shape index (κ1) is 15.2. The molecule has 18 heavy (non-hydrogen) atoms. The number of nitrogens with two attached hydrogens (primary N) is 1. The van der Waals surface area contributed by atoms with Crippen LogP contribution in [-0.2, 0) is 15.4 Å². The van der Waals surface area contributed by atoms with Crippen LogP contribution in [0.3, 0.4) is 0 Å². The summed E-state index contributed by atoms with van der Waals surface area (Å²) in [6, 6.07) is 9.92. The van der Waals surface area contributed by atoms with Crippen molar-refractivity contribution in [2.24, 2.45) is 5.73 Å². The van der Waals surface area contributed by atoms with Crippen molar-refractivity contribution < 1.29 is 8.42 Å². The molecule has 0 radical (unpaired) electrons. The summed E-state index contributed by atoms with van der Waals surface area (Å²) in [7, 11) is -2.89. The highest BCUT2D eigenvalue weighted by Gasteiger charge is 2.25. The van der Waals surface area contributed by atoms with E-state index in [2.05, 4.69) is 0 Å². The number of hydrogen-bond donors (Lipinski definition) is 1. The highest BCUT2D eigenvalue weighted by atomic mass is 32.2. The second-order valence-corrected chi connectivity index (χ2v) is 7.19. The molecular formula is C14H23NO2S. The Morgan fingerprint density at radius 1 is 1.17 bits per heavy atom. The third kappa shape index (κ3) is 4.10. The van der Waals surface area contributed by atoms with Gasteiger partial charge in [-0.1, -0.05) is 44.2 Å². The molecule has 0 aromatic heterocycles. The molecule has 0 heterocycles. The summed E-state index contributed by atoms with van der Waals surface area (Å²) >= 11 is 0. The molecule has 1 rings (SSSR count). The minimum atomic E-state index is -2.89. The van der Waals surface area contributed by atoms with Gasteiger partial charge in [0.1, 0.15) is 9.84 Å². The van der Waals surface area contributed by atoms with Crippen LogP contribution in [0.25, 0.3) is 0 Å². The van der Waals surface area contributed by atoms with Crippen molar-refractivity contribution in [1.82, 2.24) is 0 Å². The van der Waals surface area contributed by atoms with Gasteiger partial charge in [0, 0.05) is 11.3 Å². The molecule has 0 bridgehead atoms. The second kappa shape index (κ2) is 6.34. The van der Waals surface area contributed by atoms with Crippen molar-refractivity contribution >= 4 is 9.84 Å². The van der Waals surface area contributed by atoms with Gasteiger partial charge in [-0.3, -0.25) is 0 Å². The van der Waals surface area contributed by atoms with Crippen LogP contribution in [0.4, 0.5) is 0 Å². The lowest BCUT2D eigenvalue weighted by Gasteiger charge is -2.28. The number of hydrogen-bond acceptors (Lipinski definition) is 3. The summed E-state index contributed by atoms with van der Waals surface area (Å²) in [5.41, 5.74) is 7.07. The maximum absolute atomic E-state index is 11.5. The Morgan fingerprint density at radius 3 is 2.28 bits per heavy atom. The van der Waals surface area contributed by atoms with Crippen LogP contribution in [0.2, 0.25) is 0 Å². The molecule has 0 aliphatic heterocycles. The third-order valence-electron chi connectivity index (χ3n) is 3.50. The predicted molar refractivity (Wildman–Crippen MR) is 76.2 cm³/mol. The zero-order chi connectivity index (χ0) is 13.6. The summed E-state index contributed by atoms with van der Waals surface area (Å²) in [6.45, 7) is 3.73. The zero-order valence-electron chi connectivity index (χ0n) is 11.2. The van der Waals surface area contributed by atoms with Gasteiger partial charge < -0.3 is 5.73 Å². The molecule has 1 atom stereocenters. The van der Waals surface area contributed by atoms with Crippen molar-refractivity contribution in [2.75, 3.05) is 11.5 Å². The molecule has 2 N–H and O–H groups in total. The lowest BCUT2D eigenvalue weighted by Crippen LogP contribution is -2.36. The fourth-order valence-electron chi connectivity index (χ4n) is 2.05. The van der Waals surface area contributed by atoms with E-state index in [1.165, 1.54) is 0 Å². The van der Waals surface area contributed by atoms with Crippen LogP contribution in [0.1, 0.15) is 38.7 Å². The summed E-state index contributed by atoms with van der Waals surface area (Å²) < 4.78 is 22.9. The van der Waals surface area contributed by atoms with Crippen LogP contribution in [0.15, 0.2) is 30.3 Å². The highest BCUT2D eigenvalue weighted by Crippen LogP contribution is 2.27. The minimum absolute atomic E-state index is 0.210. The molecule has 0 saturated carbocycles.